The van der Waals surface area contributed by atoms with Crippen molar-refractivity contribution in [1.82, 2.24) is 5.32 Å². The molecule has 2 nitrogen and oxygen atoms in total. The van der Waals surface area contributed by atoms with Gasteiger partial charge in [-0.2, -0.15) is 0 Å². The summed E-state index contributed by atoms with van der Waals surface area (Å²) >= 11 is 0. The van der Waals surface area contributed by atoms with Crippen LogP contribution in [0.1, 0.15) is 20.3 Å². The largest absolute Gasteiger partial charge is 0.333 e. The molecule has 0 unspecified atom stereocenters. The third kappa shape index (κ3) is 5.21. The van der Waals surface area contributed by atoms with Crippen LogP contribution in [0.15, 0.2) is 12.3 Å². The fraction of sp³-hybridized carbons (Fsp3) is 0.500. The summed E-state index contributed by atoms with van der Waals surface area (Å²) in [6.45, 7) is 3.50. The fourth-order valence-electron chi connectivity index (χ4n) is 0.294. The molecule has 0 aliphatic rings. The van der Waals surface area contributed by atoms with Gasteiger partial charge in [0.25, 0.3) is 0 Å². The van der Waals surface area contributed by atoms with Gasteiger partial charge in [-0.3, -0.25) is 4.79 Å². The number of hydrogen-bond donors (Lipinski definition) is 1. The zero-order valence-corrected chi connectivity index (χ0v) is 5.27. The van der Waals surface area contributed by atoms with Gasteiger partial charge in [0.1, 0.15) is 0 Å². The third-order valence-corrected chi connectivity index (χ3v) is 0.640. The molecule has 0 aromatic rings. The first-order chi connectivity index (χ1) is 3.77. The molecule has 46 valence electrons. The minimum absolute atomic E-state index is 0.0188. The highest BCUT2D eigenvalue weighted by atomic mass is 16.1. The first kappa shape index (κ1) is 7.21. The van der Waals surface area contributed by atoms with Crippen molar-refractivity contribution in [3.8, 4) is 0 Å². The molecule has 0 bridgehead atoms. The lowest BCUT2D eigenvalue weighted by Gasteiger charge is -1.87. The van der Waals surface area contributed by atoms with Gasteiger partial charge in [0, 0.05) is 6.92 Å². The Kier molecular flexibility index (Phi) is 3.94. The Hall–Kier alpha value is -0.790. The second kappa shape index (κ2) is 4.37. The summed E-state index contributed by atoms with van der Waals surface area (Å²) in [7, 11) is 0. The Labute approximate surface area is 49.6 Å². The van der Waals surface area contributed by atoms with Crippen LogP contribution >= 0.6 is 0 Å². The lowest BCUT2D eigenvalue weighted by molar-refractivity contribution is -0.118. The molecule has 0 aliphatic heterocycles. The Balaban J connectivity index is 3.16. The maximum Gasteiger partial charge on any atom is 0.220 e. The molecule has 0 aromatic heterocycles. The van der Waals surface area contributed by atoms with E-state index in [1.807, 2.05) is 13.0 Å². The van der Waals surface area contributed by atoms with E-state index in [0.717, 1.165) is 6.42 Å². The predicted octanol–water partition coefficient (Wildman–Crippen LogP) is 1.05. The topological polar surface area (TPSA) is 29.1 Å². The first-order valence-electron chi connectivity index (χ1n) is 2.69. The van der Waals surface area contributed by atoms with Gasteiger partial charge < -0.3 is 5.32 Å². The second-order valence-electron chi connectivity index (χ2n) is 1.51. The molecule has 0 aliphatic carbocycles. The van der Waals surface area contributed by atoms with Gasteiger partial charge in [-0.1, -0.05) is 13.0 Å². The van der Waals surface area contributed by atoms with Crippen LogP contribution in [0, 0.1) is 0 Å². The normalized spacial score (nSPS) is 9.75. The minimum Gasteiger partial charge on any atom is -0.333 e. The van der Waals surface area contributed by atoms with E-state index >= 15 is 0 Å². The zero-order chi connectivity index (χ0) is 6.41. The number of nitrogens with one attached hydrogen (secondary N) is 1. The highest BCUT2D eigenvalue weighted by Crippen LogP contribution is 1.74. The summed E-state index contributed by atoms with van der Waals surface area (Å²) in [6, 6.07) is 0. The molecule has 0 heterocycles. The SMILES string of the molecule is CC/C=C/NC(C)=O. The molecule has 0 aromatic carbocycles. The standard InChI is InChI=1S/C6H11NO/c1-3-4-5-7-6(2)8/h4-5H,3H2,1-2H3,(H,7,8)/b5-4+. The van der Waals surface area contributed by atoms with Crippen molar-refractivity contribution in [2.75, 3.05) is 0 Å². The van der Waals surface area contributed by atoms with Crippen LogP contribution in [0.3, 0.4) is 0 Å². The van der Waals surface area contributed by atoms with E-state index in [4.69, 9.17) is 0 Å². The van der Waals surface area contributed by atoms with Crippen LogP contribution in [-0.4, -0.2) is 5.91 Å². The Morgan fingerprint density at radius 1 is 1.75 bits per heavy atom. The van der Waals surface area contributed by atoms with Crippen molar-refractivity contribution in [3.63, 3.8) is 0 Å². The average Bonchev–Trinajstić information content (AvgIpc) is 1.66. The molecule has 1 amide bonds. The van der Waals surface area contributed by atoms with E-state index in [1.165, 1.54) is 6.92 Å². The van der Waals surface area contributed by atoms with Crippen LogP contribution in [0.2, 0.25) is 0 Å². The summed E-state index contributed by atoms with van der Waals surface area (Å²) in [4.78, 5) is 10.2. The van der Waals surface area contributed by atoms with Crippen LogP contribution in [0.4, 0.5) is 0 Å². The first-order valence-corrected chi connectivity index (χ1v) is 2.69. The lowest BCUT2D eigenvalue weighted by Crippen LogP contribution is -2.10. The van der Waals surface area contributed by atoms with Crippen LogP contribution in [0.5, 0.6) is 0 Å². The molecular formula is C6H11NO. The summed E-state index contributed by atoms with van der Waals surface area (Å²) in [5.41, 5.74) is 0. The Morgan fingerprint density at radius 3 is 2.75 bits per heavy atom. The van der Waals surface area contributed by atoms with Crippen molar-refractivity contribution < 1.29 is 4.79 Å². The van der Waals surface area contributed by atoms with Gasteiger partial charge in [0.2, 0.25) is 5.91 Å². The third-order valence-electron chi connectivity index (χ3n) is 0.640. The van der Waals surface area contributed by atoms with Gasteiger partial charge in [-0.05, 0) is 12.6 Å². The van der Waals surface area contributed by atoms with Crippen molar-refractivity contribution >= 4 is 5.91 Å². The van der Waals surface area contributed by atoms with Crippen LogP contribution < -0.4 is 5.32 Å². The van der Waals surface area contributed by atoms with Gasteiger partial charge in [-0.15, -0.1) is 0 Å². The minimum atomic E-state index is -0.0188. The Morgan fingerprint density at radius 2 is 2.38 bits per heavy atom. The van der Waals surface area contributed by atoms with Gasteiger partial charge >= 0.3 is 0 Å². The maximum atomic E-state index is 10.2. The number of allylic oxidation sites excluding steroid dienone is 1. The molecule has 0 saturated carbocycles. The van der Waals surface area contributed by atoms with Gasteiger partial charge in [0.15, 0.2) is 0 Å². The molecule has 2 heteroatoms. The van der Waals surface area contributed by atoms with Crippen molar-refractivity contribution in [3.05, 3.63) is 12.3 Å². The quantitative estimate of drug-likeness (QED) is 0.569. The number of carbonyl (C=O) groups is 1. The lowest BCUT2D eigenvalue weighted by atomic mass is 10.5. The van der Waals surface area contributed by atoms with Crippen molar-refractivity contribution in [1.29, 1.82) is 0 Å². The molecule has 0 saturated heterocycles. The molecule has 0 fully saturated rings. The van der Waals surface area contributed by atoms with E-state index in [2.05, 4.69) is 5.32 Å². The number of hydrogen-bond acceptors (Lipinski definition) is 1. The highest BCUT2D eigenvalue weighted by molar-refractivity contribution is 5.73. The molecule has 0 radical (unpaired) electrons. The molecule has 8 heavy (non-hydrogen) atoms. The number of rotatable bonds is 2. The van der Waals surface area contributed by atoms with E-state index in [-0.39, 0.29) is 5.91 Å². The van der Waals surface area contributed by atoms with E-state index in [9.17, 15) is 4.79 Å². The Bertz CT molecular complexity index is 96.7. The van der Waals surface area contributed by atoms with Crippen LogP contribution in [-0.2, 0) is 4.79 Å². The smallest absolute Gasteiger partial charge is 0.220 e. The van der Waals surface area contributed by atoms with Crippen molar-refractivity contribution in [2.45, 2.75) is 20.3 Å². The second-order valence-corrected chi connectivity index (χ2v) is 1.51. The zero-order valence-electron chi connectivity index (χ0n) is 5.27. The number of amides is 1. The van der Waals surface area contributed by atoms with E-state index in [0.29, 0.717) is 0 Å². The summed E-state index contributed by atoms with van der Waals surface area (Å²) in [6.07, 6.45) is 4.50. The number of carbonyl (C=O) groups excluding carboxylic acids is 1. The summed E-state index contributed by atoms with van der Waals surface area (Å²) < 4.78 is 0. The maximum absolute atomic E-state index is 10.2. The molecule has 0 atom stereocenters. The summed E-state index contributed by atoms with van der Waals surface area (Å²) in [5.74, 6) is -0.0188. The van der Waals surface area contributed by atoms with E-state index < -0.39 is 0 Å². The molecule has 0 spiro atoms. The average molecular weight is 113 g/mol. The van der Waals surface area contributed by atoms with Gasteiger partial charge in [-0.25, -0.2) is 0 Å². The molecular weight excluding hydrogens is 102 g/mol. The van der Waals surface area contributed by atoms with Gasteiger partial charge in [0.05, 0.1) is 0 Å². The fourth-order valence-corrected chi connectivity index (χ4v) is 0.294. The molecule has 0 rings (SSSR count). The van der Waals surface area contributed by atoms with Crippen molar-refractivity contribution in [2.24, 2.45) is 0 Å². The molecule has 1 N–H and O–H groups in total. The highest BCUT2D eigenvalue weighted by Gasteiger charge is 1.78. The monoisotopic (exact) mass is 113 g/mol. The van der Waals surface area contributed by atoms with Crippen LogP contribution in [0.25, 0.3) is 0 Å². The summed E-state index contributed by atoms with van der Waals surface area (Å²) in [5, 5.41) is 2.53. The van der Waals surface area contributed by atoms with E-state index in [1.54, 1.807) is 6.20 Å². The predicted molar refractivity (Wildman–Crippen MR) is 33.2 cm³/mol.